The SMILES string of the molecule is CC(CNC1(C)CCC1)c1c[nH]c(N)c1/C=C(\N)c1ccccc1O. The fourth-order valence-corrected chi connectivity index (χ4v) is 3.38. The number of nitrogen functional groups attached to an aromatic ring is 1. The highest BCUT2D eigenvalue weighted by Gasteiger charge is 2.31. The number of aromatic nitrogens is 1. The summed E-state index contributed by atoms with van der Waals surface area (Å²) in [7, 11) is 0. The quantitative estimate of drug-likeness (QED) is 0.556. The van der Waals surface area contributed by atoms with Gasteiger partial charge in [-0.05, 0) is 55.9 Å². The molecule has 134 valence electrons. The van der Waals surface area contributed by atoms with E-state index in [1.54, 1.807) is 18.2 Å². The lowest BCUT2D eigenvalue weighted by Gasteiger charge is -2.40. The Kier molecular flexibility index (Phi) is 4.77. The highest BCUT2D eigenvalue weighted by atomic mass is 16.3. The first-order valence-corrected chi connectivity index (χ1v) is 8.87. The fraction of sp³-hybridized carbons (Fsp3) is 0.400. The molecule has 1 saturated carbocycles. The van der Waals surface area contributed by atoms with Gasteiger partial charge < -0.3 is 26.9 Å². The van der Waals surface area contributed by atoms with Crippen molar-refractivity contribution in [3.63, 3.8) is 0 Å². The average molecular weight is 340 g/mol. The highest BCUT2D eigenvalue weighted by molar-refractivity contribution is 5.85. The lowest BCUT2D eigenvalue weighted by atomic mass is 9.78. The van der Waals surface area contributed by atoms with Gasteiger partial charge in [0.05, 0.1) is 0 Å². The third kappa shape index (κ3) is 3.66. The zero-order valence-corrected chi connectivity index (χ0v) is 15.0. The van der Waals surface area contributed by atoms with Crippen LogP contribution in [0.15, 0.2) is 30.5 Å². The summed E-state index contributed by atoms with van der Waals surface area (Å²) in [5.41, 5.74) is 15.8. The van der Waals surface area contributed by atoms with Crippen LogP contribution in [0.5, 0.6) is 5.75 Å². The summed E-state index contributed by atoms with van der Waals surface area (Å²) in [5.74, 6) is 1.06. The topological polar surface area (TPSA) is 100 Å². The van der Waals surface area contributed by atoms with Gasteiger partial charge in [-0.1, -0.05) is 19.1 Å². The van der Waals surface area contributed by atoms with Gasteiger partial charge >= 0.3 is 0 Å². The van der Waals surface area contributed by atoms with E-state index in [4.69, 9.17) is 11.5 Å². The van der Waals surface area contributed by atoms with Crippen LogP contribution in [-0.2, 0) is 0 Å². The molecule has 5 nitrogen and oxygen atoms in total. The molecule has 1 aromatic heterocycles. The van der Waals surface area contributed by atoms with Gasteiger partial charge in [0.15, 0.2) is 0 Å². The summed E-state index contributed by atoms with van der Waals surface area (Å²) in [6.45, 7) is 5.36. The molecule has 0 bridgehead atoms. The summed E-state index contributed by atoms with van der Waals surface area (Å²) < 4.78 is 0. The molecule has 0 aliphatic heterocycles. The van der Waals surface area contributed by atoms with Crippen LogP contribution in [-0.4, -0.2) is 22.2 Å². The molecular formula is C20H28N4O. The molecule has 3 rings (SSSR count). The van der Waals surface area contributed by atoms with Gasteiger partial charge in [-0.25, -0.2) is 0 Å². The monoisotopic (exact) mass is 340 g/mol. The van der Waals surface area contributed by atoms with E-state index in [9.17, 15) is 5.11 Å². The van der Waals surface area contributed by atoms with Crippen molar-refractivity contribution in [2.45, 2.75) is 44.6 Å². The summed E-state index contributed by atoms with van der Waals surface area (Å²) >= 11 is 0. The Labute approximate surface area is 149 Å². The highest BCUT2D eigenvalue weighted by Crippen LogP contribution is 2.33. The summed E-state index contributed by atoms with van der Waals surface area (Å²) in [6.07, 6.45) is 7.58. The molecule has 1 heterocycles. The van der Waals surface area contributed by atoms with Crippen molar-refractivity contribution in [2.75, 3.05) is 12.3 Å². The Hall–Kier alpha value is -2.40. The van der Waals surface area contributed by atoms with E-state index in [1.165, 1.54) is 19.3 Å². The number of phenols is 1. The molecule has 0 radical (unpaired) electrons. The molecule has 5 heteroatoms. The predicted molar refractivity (Wildman–Crippen MR) is 104 cm³/mol. The largest absolute Gasteiger partial charge is 0.507 e. The van der Waals surface area contributed by atoms with E-state index < -0.39 is 0 Å². The molecule has 1 aliphatic rings. The number of nitrogens with two attached hydrogens (primary N) is 2. The lowest BCUT2D eigenvalue weighted by molar-refractivity contribution is 0.206. The number of aromatic amines is 1. The normalized spacial score (nSPS) is 17.9. The van der Waals surface area contributed by atoms with Crippen molar-refractivity contribution in [3.05, 3.63) is 47.2 Å². The van der Waals surface area contributed by atoms with E-state index >= 15 is 0 Å². The second-order valence-electron chi connectivity index (χ2n) is 7.38. The van der Waals surface area contributed by atoms with Crippen LogP contribution in [0.3, 0.4) is 0 Å². The summed E-state index contributed by atoms with van der Waals surface area (Å²) in [4.78, 5) is 3.10. The second kappa shape index (κ2) is 6.84. The number of phenolic OH excluding ortho intramolecular Hbond substituents is 1. The number of rotatable bonds is 6. The molecule has 25 heavy (non-hydrogen) atoms. The van der Waals surface area contributed by atoms with Crippen LogP contribution in [0.4, 0.5) is 5.82 Å². The zero-order valence-electron chi connectivity index (χ0n) is 15.0. The summed E-state index contributed by atoms with van der Waals surface area (Å²) in [6, 6.07) is 7.05. The Balaban J connectivity index is 1.81. The van der Waals surface area contributed by atoms with Gasteiger partial charge in [0.25, 0.3) is 0 Å². The van der Waals surface area contributed by atoms with Crippen molar-refractivity contribution in [1.29, 1.82) is 0 Å². The van der Waals surface area contributed by atoms with Crippen LogP contribution in [0.1, 0.15) is 55.7 Å². The Morgan fingerprint density at radius 2 is 2.12 bits per heavy atom. The number of anilines is 1. The summed E-state index contributed by atoms with van der Waals surface area (Å²) in [5, 5.41) is 13.7. The number of benzene rings is 1. The van der Waals surface area contributed by atoms with Crippen molar-refractivity contribution in [1.82, 2.24) is 10.3 Å². The van der Waals surface area contributed by atoms with Crippen molar-refractivity contribution in [3.8, 4) is 5.75 Å². The lowest BCUT2D eigenvalue weighted by Crippen LogP contribution is -2.49. The number of hydrogen-bond donors (Lipinski definition) is 5. The van der Waals surface area contributed by atoms with Crippen molar-refractivity contribution in [2.24, 2.45) is 5.73 Å². The minimum absolute atomic E-state index is 0.166. The average Bonchev–Trinajstić information content (AvgIpc) is 2.92. The molecule has 1 fully saturated rings. The smallest absolute Gasteiger partial charge is 0.124 e. The van der Waals surface area contributed by atoms with Gasteiger partial charge in [0.2, 0.25) is 0 Å². The number of para-hydroxylation sites is 1. The molecule has 7 N–H and O–H groups in total. The van der Waals surface area contributed by atoms with Crippen LogP contribution in [0.25, 0.3) is 11.8 Å². The minimum Gasteiger partial charge on any atom is -0.507 e. The maximum atomic E-state index is 9.99. The van der Waals surface area contributed by atoms with Gasteiger partial charge in [0.1, 0.15) is 11.6 Å². The first-order chi connectivity index (χ1) is 11.9. The third-order valence-corrected chi connectivity index (χ3v) is 5.32. The molecular weight excluding hydrogens is 312 g/mol. The minimum atomic E-state index is 0.166. The molecule has 1 unspecified atom stereocenters. The maximum absolute atomic E-state index is 9.99. The zero-order chi connectivity index (χ0) is 18.0. The van der Waals surface area contributed by atoms with E-state index in [1.807, 2.05) is 18.3 Å². The Morgan fingerprint density at radius 1 is 1.40 bits per heavy atom. The second-order valence-corrected chi connectivity index (χ2v) is 7.38. The van der Waals surface area contributed by atoms with E-state index in [-0.39, 0.29) is 11.3 Å². The maximum Gasteiger partial charge on any atom is 0.124 e. The molecule has 2 aromatic rings. The van der Waals surface area contributed by atoms with Crippen molar-refractivity contribution < 1.29 is 5.11 Å². The van der Waals surface area contributed by atoms with Gasteiger partial charge in [0, 0.05) is 35.1 Å². The predicted octanol–water partition coefficient (Wildman–Crippen LogP) is 3.40. The molecule has 1 aliphatic carbocycles. The van der Waals surface area contributed by atoms with Gasteiger partial charge in [-0.15, -0.1) is 0 Å². The fourth-order valence-electron chi connectivity index (χ4n) is 3.38. The van der Waals surface area contributed by atoms with E-state index in [2.05, 4.69) is 24.1 Å². The number of aromatic hydroxyl groups is 1. The van der Waals surface area contributed by atoms with Gasteiger partial charge in [-0.3, -0.25) is 0 Å². The number of H-pyrrole nitrogens is 1. The van der Waals surface area contributed by atoms with Gasteiger partial charge in [-0.2, -0.15) is 0 Å². The first-order valence-electron chi connectivity index (χ1n) is 8.87. The number of hydrogen-bond acceptors (Lipinski definition) is 4. The van der Waals surface area contributed by atoms with Crippen LogP contribution in [0.2, 0.25) is 0 Å². The molecule has 1 aromatic carbocycles. The molecule has 1 atom stereocenters. The van der Waals surface area contributed by atoms with Crippen LogP contribution < -0.4 is 16.8 Å². The number of nitrogens with one attached hydrogen (secondary N) is 2. The third-order valence-electron chi connectivity index (χ3n) is 5.32. The molecule has 0 spiro atoms. The Bertz CT molecular complexity index is 774. The van der Waals surface area contributed by atoms with E-state index in [0.717, 1.165) is 17.7 Å². The first kappa shape index (κ1) is 17.4. The van der Waals surface area contributed by atoms with Crippen molar-refractivity contribution >= 4 is 17.6 Å². The molecule has 0 saturated heterocycles. The Morgan fingerprint density at radius 3 is 2.76 bits per heavy atom. The standard InChI is InChI=1S/C20H28N4O/c1-13(11-24-20(2)8-5-9-20)16-12-23-19(22)15(16)10-17(21)14-6-3-4-7-18(14)25/h3-4,6-7,10,12-13,23-25H,5,8-9,11,21-22H2,1-2H3/b17-10-. The van der Waals surface area contributed by atoms with Crippen LogP contribution in [0, 0.1) is 0 Å². The molecule has 0 amide bonds. The van der Waals surface area contributed by atoms with E-state index in [0.29, 0.717) is 23.0 Å². The van der Waals surface area contributed by atoms with Crippen LogP contribution >= 0.6 is 0 Å².